The van der Waals surface area contributed by atoms with Crippen LogP contribution in [0.25, 0.3) is 0 Å². The smallest absolute Gasteiger partial charge is 0.231 e. The van der Waals surface area contributed by atoms with Crippen LogP contribution in [0.2, 0.25) is 0 Å². The van der Waals surface area contributed by atoms with E-state index in [-0.39, 0.29) is 18.9 Å². The Morgan fingerprint density at radius 1 is 0.815 bits per heavy atom. The first-order valence-electron chi connectivity index (χ1n) is 9.12. The molecule has 2 bridgehead atoms. The van der Waals surface area contributed by atoms with Crippen molar-refractivity contribution in [2.24, 2.45) is 0 Å². The van der Waals surface area contributed by atoms with Gasteiger partial charge in [0.05, 0.1) is 21.3 Å². The summed E-state index contributed by atoms with van der Waals surface area (Å²) in [7, 11) is 7.22. The van der Waals surface area contributed by atoms with Crippen molar-refractivity contribution < 1.29 is 23.7 Å². The average molecular weight is 369 g/mol. The topological polar surface area (TPSA) is 49.4 Å². The van der Waals surface area contributed by atoms with E-state index in [0.717, 1.165) is 41.6 Å². The fourth-order valence-electron chi connectivity index (χ4n) is 4.76. The average Bonchev–Trinajstić information content (AvgIpc) is 3.17. The molecule has 0 spiro atoms. The molecule has 0 saturated heterocycles. The minimum atomic E-state index is 0.245. The van der Waals surface area contributed by atoms with Gasteiger partial charge in [0, 0.05) is 17.6 Å². The fourth-order valence-corrected chi connectivity index (χ4v) is 4.76. The molecule has 0 radical (unpaired) electrons. The van der Waals surface area contributed by atoms with Crippen LogP contribution in [0, 0.1) is 0 Å². The van der Waals surface area contributed by atoms with Gasteiger partial charge in [-0.2, -0.15) is 0 Å². The second-order valence-corrected chi connectivity index (χ2v) is 7.22. The van der Waals surface area contributed by atoms with Gasteiger partial charge in [-0.1, -0.05) is 0 Å². The van der Waals surface area contributed by atoms with E-state index in [1.807, 2.05) is 0 Å². The predicted octanol–water partition coefficient (Wildman–Crippen LogP) is 3.27. The number of rotatable bonds is 3. The summed E-state index contributed by atoms with van der Waals surface area (Å²) < 4.78 is 28.2. The molecule has 0 N–H and O–H groups in total. The van der Waals surface area contributed by atoms with E-state index in [1.54, 1.807) is 21.3 Å². The molecule has 3 heterocycles. The second kappa shape index (κ2) is 5.96. The van der Waals surface area contributed by atoms with Gasteiger partial charge in [0.1, 0.15) is 0 Å². The number of fused-ring (bicyclic) bond motifs is 8. The van der Waals surface area contributed by atoms with E-state index in [9.17, 15) is 0 Å². The third kappa shape index (κ3) is 2.22. The molecule has 0 aliphatic carbocycles. The van der Waals surface area contributed by atoms with E-state index >= 15 is 0 Å². The minimum absolute atomic E-state index is 0.245. The van der Waals surface area contributed by atoms with Crippen molar-refractivity contribution in [3.63, 3.8) is 0 Å². The monoisotopic (exact) mass is 369 g/mol. The van der Waals surface area contributed by atoms with Crippen molar-refractivity contribution in [1.29, 1.82) is 0 Å². The SMILES string of the molecule is COc1cc2c(cc1OC)[C@H]1Cc3c(cc(OC)c4c3OCO4)[C@@H](C2)N1C. The number of benzene rings is 2. The van der Waals surface area contributed by atoms with Gasteiger partial charge < -0.3 is 23.7 Å². The lowest BCUT2D eigenvalue weighted by molar-refractivity contribution is 0.134. The molecular formula is C21H23NO5. The van der Waals surface area contributed by atoms with Gasteiger partial charge in [-0.3, -0.25) is 4.90 Å². The summed E-state index contributed by atoms with van der Waals surface area (Å²) in [6.07, 6.45) is 1.76. The predicted molar refractivity (Wildman–Crippen MR) is 99.3 cm³/mol. The van der Waals surface area contributed by atoms with Crippen LogP contribution in [0.3, 0.4) is 0 Å². The van der Waals surface area contributed by atoms with Crippen LogP contribution in [0.4, 0.5) is 0 Å². The van der Waals surface area contributed by atoms with Gasteiger partial charge in [0.2, 0.25) is 12.5 Å². The van der Waals surface area contributed by atoms with Crippen LogP contribution in [0.1, 0.15) is 34.3 Å². The Kier molecular flexibility index (Phi) is 3.65. The van der Waals surface area contributed by atoms with Gasteiger partial charge in [0.25, 0.3) is 0 Å². The lowest BCUT2D eigenvalue weighted by atomic mass is 9.76. The molecule has 6 heteroatoms. The van der Waals surface area contributed by atoms with E-state index in [1.165, 1.54) is 22.3 Å². The zero-order chi connectivity index (χ0) is 18.7. The zero-order valence-corrected chi connectivity index (χ0v) is 16.0. The van der Waals surface area contributed by atoms with Crippen molar-refractivity contribution in [2.45, 2.75) is 24.9 Å². The van der Waals surface area contributed by atoms with E-state index in [0.29, 0.717) is 0 Å². The van der Waals surface area contributed by atoms with Crippen molar-refractivity contribution in [1.82, 2.24) is 4.90 Å². The van der Waals surface area contributed by atoms with E-state index < -0.39 is 0 Å². The summed E-state index contributed by atoms with van der Waals surface area (Å²) >= 11 is 0. The van der Waals surface area contributed by atoms with Crippen LogP contribution in [0.5, 0.6) is 28.7 Å². The lowest BCUT2D eigenvalue weighted by Crippen LogP contribution is -2.40. The summed E-state index contributed by atoms with van der Waals surface area (Å²) in [5.74, 6) is 3.87. The summed E-state index contributed by atoms with van der Waals surface area (Å²) in [5, 5.41) is 0. The summed E-state index contributed by atoms with van der Waals surface area (Å²) in [4.78, 5) is 2.44. The molecule has 6 nitrogen and oxygen atoms in total. The first-order valence-corrected chi connectivity index (χ1v) is 9.12. The molecule has 0 aromatic heterocycles. The Labute approximate surface area is 158 Å². The zero-order valence-electron chi connectivity index (χ0n) is 16.0. The van der Waals surface area contributed by atoms with Gasteiger partial charge in [-0.15, -0.1) is 0 Å². The molecule has 5 rings (SSSR count). The van der Waals surface area contributed by atoms with Crippen molar-refractivity contribution in [2.75, 3.05) is 35.2 Å². The number of hydrogen-bond donors (Lipinski definition) is 0. The first kappa shape index (κ1) is 16.6. The first-order chi connectivity index (χ1) is 13.2. The quantitative estimate of drug-likeness (QED) is 0.828. The van der Waals surface area contributed by atoms with Crippen molar-refractivity contribution in [3.05, 3.63) is 40.5 Å². The molecule has 27 heavy (non-hydrogen) atoms. The normalized spacial score (nSPS) is 22.1. The number of likely N-dealkylation sites (N-methyl/N-ethyl adjacent to an activating group) is 1. The number of hydrogen-bond acceptors (Lipinski definition) is 6. The Balaban J connectivity index is 1.67. The highest BCUT2D eigenvalue weighted by Crippen LogP contribution is 2.55. The molecule has 0 unspecified atom stereocenters. The maximum Gasteiger partial charge on any atom is 0.231 e. The third-order valence-electron chi connectivity index (χ3n) is 6.12. The summed E-state index contributed by atoms with van der Waals surface area (Å²) in [6.45, 7) is 0.245. The third-order valence-corrected chi connectivity index (χ3v) is 6.12. The minimum Gasteiger partial charge on any atom is -0.493 e. The number of ether oxygens (including phenoxy) is 5. The van der Waals surface area contributed by atoms with Gasteiger partial charge >= 0.3 is 0 Å². The van der Waals surface area contributed by atoms with Gasteiger partial charge in [0.15, 0.2) is 23.0 Å². The van der Waals surface area contributed by atoms with Crippen molar-refractivity contribution >= 4 is 0 Å². The fraction of sp³-hybridized carbons (Fsp3) is 0.429. The summed E-state index contributed by atoms with van der Waals surface area (Å²) in [5.41, 5.74) is 5.09. The highest BCUT2D eigenvalue weighted by Gasteiger charge is 2.42. The van der Waals surface area contributed by atoms with Gasteiger partial charge in [-0.25, -0.2) is 0 Å². The maximum atomic E-state index is 5.84. The Bertz CT molecular complexity index is 926. The Morgan fingerprint density at radius 2 is 1.44 bits per heavy atom. The molecule has 3 aliphatic heterocycles. The Hall–Kier alpha value is -2.60. The van der Waals surface area contributed by atoms with Crippen LogP contribution in [0.15, 0.2) is 18.2 Å². The molecule has 3 aliphatic rings. The molecule has 0 saturated carbocycles. The molecular weight excluding hydrogens is 346 g/mol. The number of methoxy groups -OCH3 is 3. The second-order valence-electron chi connectivity index (χ2n) is 7.22. The van der Waals surface area contributed by atoms with Crippen LogP contribution in [-0.4, -0.2) is 40.1 Å². The Morgan fingerprint density at radius 3 is 2.19 bits per heavy atom. The van der Waals surface area contributed by atoms with Crippen LogP contribution >= 0.6 is 0 Å². The van der Waals surface area contributed by atoms with Crippen molar-refractivity contribution in [3.8, 4) is 28.7 Å². The van der Waals surface area contributed by atoms with Crippen LogP contribution in [-0.2, 0) is 12.8 Å². The number of nitrogens with zero attached hydrogens (tertiary/aromatic N) is 1. The van der Waals surface area contributed by atoms with Crippen LogP contribution < -0.4 is 23.7 Å². The van der Waals surface area contributed by atoms with Gasteiger partial charge in [-0.05, 0) is 54.8 Å². The highest BCUT2D eigenvalue weighted by atomic mass is 16.7. The standard InChI is InChI=1S/C21H23NO5/c1-22-15-5-11-6-17(23-2)18(24-3)8-12(11)16(22)7-14-13(15)9-19(25-4)21-20(14)26-10-27-21/h6,8-9,15-16H,5,7,10H2,1-4H3/t15-,16-/m1/s1. The van der Waals surface area contributed by atoms with E-state index in [2.05, 4.69) is 30.1 Å². The molecule has 2 aromatic carbocycles. The molecule has 2 aromatic rings. The van der Waals surface area contributed by atoms with E-state index in [4.69, 9.17) is 23.7 Å². The largest absolute Gasteiger partial charge is 0.493 e. The molecule has 0 amide bonds. The molecule has 142 valence electrons. The highest BCUT2D eigenvalue weighted by molar-refractivity contribution is 5.63. The molecule has 0 fully saturated rings. The maximum absolute atomic E-state index is 5.84. The summed E-state index contributed by atoms with van der Waals surface area (Å²) in [6, 6.07) is 6.88. The lowest BCUT2D eigenvalue weighted by Gasteiger charge is -2.46. The molecule has 2 atom stereocenters.